The molecule has 97 heavy (non-hydrogen) atoms. The van der Waals surface area contributed by atoms with Gasteiger partial charge in [0, 0.05) is 78.0 Å². The van der Waals surface area contributed by atoms with Gasteiger partial charge in [0.25, 0.3) is 0 Å². The van der Waals surface area contributed by atoms with Crippen molar-refractivity contribution in [2.45, 2.75) is 52.4 Å². The molecular formula is C88H67N4O2PtS2-. The SMILES string of the molecule is CC(C)(C)c1ccc(O)c(C=Nc2ccccc2-c2nc3c(-c4[c-]ccc5ccccc45)ccc(-c4cccc5ccccc45)c3s2)c1.CC(C)(C)c1ccc(O)c(C=Nc2ccccc2-c2nc3c(-c4cccc5ccccc45)ccc(-c4cccc5ccccc45)c3s2)c1.[Pt]. The molecule has 0 saturated heterocycles. The summed E-state index contributed by atoms with van der Waals surface area (Å²) in [6.07, 6.45) is 3.52. The first kappa shape index (κ1) is 63.9. The van der Waals surface area contributed by atoms with Crippen LogP contribution in [0.4, 0.5) is 11.4 Å². The monoisotopic (exact) mass is 1470 g/mol. The van der Waals surface area contributed by atoms with Crippen LogP contribution in [0.15, 0.2) is 283 Å². The molecule has 0 saturated carbocycles. The van der Waals surface area contributed by atoms with Crippen LogP contribution < -0.4 is 0 Å². The Morgan fingerprint density at radius 2 is 0.701 bits per heavy atom. The fourth-order valence-corrected chi connectivity index (χ4v) is 15.2. The molecule has 16 aromatic rings. The maximum Gasteiger partial charge on any atom is 0.126 e. The van der Waals surface area contributed by atoms with E-state index in [9.17, 15) is 10.2 Å². The zero-order valence-electron chi connectivity index (χ0n) is 54.5. The summed E-state index contributed by atoms with van der Waals surface area (Å²) in [6.45, 7) is 13.0. The third kappa shape index (κ3) is 12.6. The molecule has 0 fully saturated rings. The van der Waals surface area contributed by atoms with Gasteiger partial charge in [-0.1, -0.05) is 259 Å². The number of aromatic hydroxyl groups is 2. The van der Waals surface area contributed by atoms with Gasteiger partial charge in [-0.15, -0.1) is 57.2 Å². The second-order valence-electron chi connectivity index (χ2n) is 26.3. The van der Waals surface area contributed by atoms with E-state index in [0.717, 1.165) is 91.7 Å². The molecule has 14 aromatic carbocycles. The van der Waals surface area contributed by atoms with E-state index in [0.29, 0.717) is 11.1 Å². The summed E-state index contributed by atoms with van der Waals surface area (Å²) < 4.78 is 2.26. The summed E-state index contributed by atoms with van der Waals surface area (Å²) in [6, 6.07) is 98.0. The van der Waals surface area contributed by atoms with Crippen molar-refractivity contribution in [1.29, 1.82) is 0 Å². The minimum atomic E-state index is -0.0454. The Bertz CT molecular complexity index is 5140. The van der Waals surface area contributed by atoms with Crippen LogP contribution in [0.3, 0.4) is 0 Å². The molecule has 0 atom stereocenters. The predicted octanol–water partition coefficient (Wildman–Crippen LogP) is 24.5. The Kier molecular flexibility index (Phi) is 17.5. The van der Waals surface area contributed by atoms with Gasteiger partial charge in [0.2, 0.25) is 0 Å². The van der Waals surface area contributed by atoms with E-state index in [1.807, 2.05) is 66.7 Å². The van der Waals surface area contributed by atoms with Crippen molar-refractivity contribution in [1.82, 2.24) is 9.97 Å². The summed E-state index contributed by atoms with van der Waals surface area (Å²) in [5, 5.41) is 32.7. The van der Waals surface area contributed by atoms with Gasteiger partial charge in [-0.25, -0.2) is 9.97 Å². The van der Waals surface area contributed by atoms with E-state index in [1.165, 1.54) is 60.0 Å². The van der Waals surface area contributed by atoms with E-state index in [-0.39, 0.29) is 43.4 Å². The maximum atomic E-state index is 10.7. The zero-order valence-corrected chi connectivity index (χ0v) is 58.4. The number of phenols is 2. The first-order chi connectivity index (χ1) is 46.7. The number of thiazole rings is 2. The number of para-hydroxylation sites is 2. The minimum Gasteiger partial charge on any atom is -0.507 e. The van der Waals surface area contributed by atoms with E-state index in [4.69, 9.17) is 20.0 Å². The molecule has 16 rings (SSSR count). The van der Waals surface area contributed by atoms with E-state index < -0.39 is 0 Å². The number of nitrogens with zero attached hydrogens (tertiary/aromatic N) is 4. The zero-order chi connectivity index (χ0) is 65.7. The van der Waals surface area contributed by atoms with Gasteiger partial charge in [0.05, 0.1) is 26.3 Å². The van der Waals surface area contributed by atoms with E-state index in [1.54, 1.807) is 47.2 Å². The van der Waals surface area contributed by atoms with Crippen molar-refractivity contribution in [2.24, 2.45) is 9.98 Å². The van der Waals surface area contributed by atoms with Crippen molar-refractivity contribution in [3.8, 4) is 77.1 Å². The van der Waals surface area contributed by atoms with Gasteiger partial charge in [-0.3, -0.25) is 9.98 Å². The standard InChI is InChI=1S/C44H34N2OS.C44H33N2OS.Pt/c2*1-44(2,3)31-22-25-40(47)30(26-31)27-45-39-21-9-8-18-38(39)43-46-41-36(34-19-10-14-28-12-4-6-16-32(28)34)23-24-37(42(41)48-43)35-20-11-15-29-13-5-7-17-33(29)35;/h4-27,47H,1-3H3;4-18,20-27,47H,1-3H3;/q;-1;. The number of hydrogen-bond acceptors (Lipinski definition) is 8. The molecular weight excluding hydrogens is 1400 g/mol. The Hall–Kier alpha value is -10.5. The molecule has 474 valence electrons. The Labute approximate surface area is 587 Å². The molecule has 0 aliphatic rings. The largest absolute Gasteiger partial charge is 0.507 e. The summed E-state index contributed by atoms with van der Waals surface area (Å²) in [4.78, 5) is 20.7. The van der Waals surface area contributed by atoms with Gasteiger partial charge < -0.3 is 10.2 Å². The number of phenolic OH excluding ortho intramolecular Hbond substituents is 2. The third-order valence-electron chi connectivity index (χ3n) is 18.1. The number of benzene rings is 14. The van der Waals surface area contributed by atoms with Crippen LogP contribution in [0.5, 0.6) is 11.5 Å². The fraction of sp³-hybridized carbons (Fsp3) is 0.0909. The van der Waals surface area contributed by atoms with E-state index >= 15 is 0 Å². The van der Waals surface area contributed by atoms with Gasteiger partial charge in [-0.2, -0.15) is 0 Å². The molecule has 2 aromatic heterocycles. The maximum absolute atomic E-state index is 10.7. The minimum absolute atomic E-state index is 0. The Balaban J connectivity index is 0.000000165. The molecule has 0 aliphatic heterocycles. The predicted molar refractivity (Wildman–Crippen MR) is 409 cm³/mol. The molecule has 2 heterocycles. The number of hydrogen-bond donors (Lipinski definition) is 2. The van der Waals surface area contributed by atoms with Gasteiger partial charge in [0.15, 0.2) is 0 Å². The van der Waals surface area contributed by atoms with E-state index in [2.05, 4.69) is 242 Å². The van der Waals surface area contributed by atoms with Gasteiger partial charge in [-0.05, 0) is 119 Å². The van der Waals surface area contributed by atoms with Gasteiger partial charge >= 0.3 is 0 Å². The molecule has 0 amide bonds. The Morgan fingerprint density at radius 1 is 0.351 bits per heavy atom. The van der Waals surface area contributed by atoms with Crippen molar-refractivity contribution in [3.63, 3.8) is 0 Å². The van der Waals surface area contributed by atoms with Crippen molar-refractivity contribution >= 4 is 110 Å². The third-order valence-corrected chi connectivity index (χ3v) is 20.3. The summed E-state index contributed by atoms with van der Waals surface area (Å²) in [5.74, 6) is 0.420. The quantitative estimate of drug-likeness (QED) is 0.105. The normalized spacial score (nSPS) is 11.9. The number of aliphatic imine (C=N–C) groups is 2. The molecule has 0 aliphatic carbocycles. The van der Waals surface area contributed by atoms with Crippen LogP contribution in [0.2, 0.25) is 0 Å². The second-order valence-corrected chi connectivity index (χ2v) is 28.3. The molecule has 2 N–H and O–H groups in total. The topological polar surface area (TPSA) is 91.0 Å². The molecule has 0 radical (unpaired) electrons. The summed E-state index contributed by atoms with van der Waals surface area (Å²) in [5.41, 5.74) is 18.1. The van der Waals surface area contributed by atoms with Crippen LogP contribution in [-0.4, -0.2) is 32.6 Å². The molecule has 0 spiro atoms. The molecule has 0 unspecified atom stereocenters. The average Bonchev–Trinajstić information content (AvgIpc) is 1.68. The smallest absolute Gasteiger partial charge is 0.126 e. The van der Waals surface area contributed by atoms with Gasteiger partial charge in [0.1, 0.15) is 21.5 Å². The average molecular weight is 1470 g/mol. The van der Waals surface area contributed by atoms with Crippen molar-refractivity contribution in [3.05, 3.63) is 301 Å². The molecule has 9 heteroatoms. The fourth-order valence-electron chi connectivity index (χ4n) is 12.9. The number of rotatable bonds is 10. The van der Waals surface area contributed by atoms with Crippen LogP contribution in [0.1, 0.15) is 63.8 Å². The Morgan fingerprint density at radius 3 is 1.15 bits per heavy atom. The first-order valence-corrected chi connectivity index (χ1v) is 34.0. The first-order valence-electron chi connectivity index (χ1n) is 32.4. The number of fused-ring (bicyclic) bond motifs is 6. The van der Waals surface area contributed by atoms with Crippen LogP contribution >= 0.6 is 22.7 Å². The van der Waals surface area contributed by atoms with Crippen LogP contribution in [-0.2, 0) is 31.9 Å². The van der Waals surface area contributed by atoms with Crippen molar-refractivity contribution < 1.29 is 31.3 Å². The van der Waals surface area contributed by atoms with Crippen LogP contribution in [0, 0.1) is 6.07 Å². The molecule has 0 bridgehead atoms. The molecule has 6 nitrogen and oxygen atoms in total. The summed E-state index contributed by atoms with van der Waals surface area (Å²) >= 11 is 3.40. The number of aromatic nitrogens is 2. The van der Waals surface area contributed by atoms with Crippen LogP contribution in [0.25, 0.3) is 129 Å². The second kappa shape index (κ2) is 26.6. The van der Waals surface area contributed by atoms with Crippen molar-refractivity contribution in [2.75, 3.05) is 0 Å². The summed E-state index contributed by atoms with van der Waals surface area (Å²) in [7, 11) is 0.